The molecule has 0 aromatic rings. The molecule has 8 heteroatoms. The Morgan fingerprint density at radius 3 is 1.83 bits per heavy atom. The average molecular weight is 259 g/mol. The van der Waals surface area contributed by atoms with E-state index in [9.17, 15) is 10.4 Å². The van der Waals surface area contributed by atoms with E-state index in [1.807, 2.05) is 0 Å². The molecule has 0 aromatic carbocycles. The number of hydroxylamine groups is 2. The summed E-state index contributed by atoms with van der Waals surface area (Å²) in [6.45, 7) is 6.22. The zero-order chi connectivity index (χ0) is 14.4. The van der Waals surface area contributed by atoms with Gasteiger partial charge in [0, 0.05) is 27.7 Å². The predicted molar refractivity (Wildman–Crippen MR) is 66.5 cm³/mol. The van der Waals surface area contributed by atoms with Crippen molar-refractivity contribution in [2.75, 3.05) is 0 Å². The highest BCUT2D eigenvalue weighted by atomic mass is 16.5. The van der Waals surface area contributed by atoms with Crippen molar-refractivity contribution in [3.05, 3.63) is 5.21 Å². The van der Waals surface area contributed by atoms with Crippen molar-refractivity contribution in [3.8, 4) is 0 Å². The van der Waals surface area contributed by atoms with Crippen LogP contribution in [0.25, 0.3) is 0 Å². The smallest absolute Gasteiger partial charge is 0.280 e. The molecule has 0 aromatic heterocycles. The largest absolute Gasteiger partial charge is 0.623 e. The zero-order valence-corrected chi connectivity index (χ0v) is 10.8. The third-order valence-electron chi connectivity index (χ3n) is 2.25. The monoisotopic (exact) mass is 259 g/mol. The molecule has 0 saturated carbocycles. The minimum absolute atomic E-state index is 0.502. The standard InChI is InChI=1S/C10H18N4O4/c1-9(2,7-11-15)13(17)5-6-14(18)10(3,4)8-12-16/h5-8H,1-4H3,(H2-,15,16,17)/p+1/b11-7-,12-8-,13-5?,14-6?. The van der Waals surface area contributed by atoms with Crippen LogP contribution in [0.3, 0.4) is 0 Å². The van der Waals surface area contributed by atoms with Crippen LogP contribution in [-0.4, -0.2) is 61.0 Å². The number of hydrogen-bond acceptors (Lipinski definition) is 6. The molecule has 0 rings (SSSR count). The first-order valence-electron chi connectivity index (χ1n) is 5.17. The van der Waals surface area contributed by atoms with E-state index in [0.29, 0.717) is 9.48 Å². The lowest BCUT2D eigenvalue weighted by atomic mass is 10.1. The molecule has 0 spiro atoms. The van der Waals surface area contributed by atoms with E-state index >= 15 is 0 Å². The Labute approximate surface area is 105 Å². The quantitative estimate of drug-likeness (QED) is 0.219. The first-order valence-corrected chi connectivity index (χ1v) is 5.17. The Morgan fingerprint density at radius 1 is 0.944 bits per heavy atom. The van der Waals surface area contributed by atoms with Crippen molar-refractivity contribution in [1.29, 1.82) is 0 Å². The maximum absolute atomic E-state index is 11.7. The van der Waals surface area contributed by atoms with Gasteiger partial charge in [-0.15, -0.1) is 0 Å². The van der Waals surface area contributed by atoms with Crippen molar-refractivity contribution in [1.82, 2.24) is 0 Å². The van der Waals surface area contributed by atoms with Crippen molar-refractivity contribution in [2.24, 2.45) is 10.3 Å². The van der Waals surface area contributed by atoms with Gasteiger partial charge in [-0.1, -0.05) is 10.3 Å². The van der Waals surface area contributed by atoms with E-state index in [2.05, 4.69) is 10.3 Å². The molecule has 8 nitrogen and oxygen atoms in total. The minimum atomic E-state index is -1.05. The molecule has 0 fully saturated rings. The summed E-state index contributed by atoms with van der Waals surface area (Å²) in [7, 11) is 0. The molecule has 0 unspecified atom stereocenters. The number of rotatable bonds is 5. The molecule has 0 radical (unpaired) electrons. The average Bonchev–Trinajstić information content (AvgIpc) is 2.24. The van der Waals surface area contributed by atoms with Crippen LogP contribution in [0.15, 0.2) is 10.3 Å². The molecule has 0 aliphatic heterocycles. The maximum Gasteiger partial charge on any atom is 0.280 e. The minimum Gasteiger partial charge on any atom is -0.623 e. The molecule has 3 N–H and O–H groups in total. The van der Waals surface area contributed by atoms with E-state index in [4.69, 9.17) is 10.4 Å². The van der Waals surface area contributed by atoms with Crippen LogP contribution in [0.5, 0.6) is 0 Å². The SMILES string of the molecule is CC(C)(/C=N\O)[N+]([O-])=CC=[N+](O)C(C)(C)/C=N\O. The van der Waals surface area contributed by atoms with E-state index in [0.717, 1.165) is 24.9 Å². The van der Waals surface area contributed by atoms with Gasteiger partial charge < -0.3 is 15.6 Å². The normalized spacial score (nSPS) is 15.8. The molecule has 0 aliphatic carbocycles. The molecule has 0 aliphatic rings. The first-order chi connectivity index (χ1) is 8.17. The van der Waals surface area contributed by atoms with Gasteiger partial charge >= 0.3 is 0 Å². The van der Waals surface area contributed by atoms with E-state index < -0.39 is 11.1 Å². The van der Waals surface area contributed by atoms with Gasteiger partial charge in [0.25, 0.3) is 6.21 Å². The van der Waals surface area contributed by atoms with E-state index in [1.165, 1.54) is 13.8 Å². The molecule has 0 amide bonds. The number of oxime groups is 2. The molecular weight excluding hydrogens is 240 g/mol. The highest BCUT2D eigenvalue weighted by Crippen LogP contribution is 2.04. The highest BCUT2D eigenvalue weighted by Gasteiger charge is 2.30. The first kappa shape index (κ1) is 15.9. The molecule has 0 saturated heterocycles. The second-order valence-electron chi connectivity index (χ2n) is 4.76. The molecule has 18 heavy (non-hydrogen) atoms. The molecule has 0 bridgehead atoms. The molecule has 102 valence electrons. The van der Waals surface area contributed by atoms with Gasteiger partial charge in [0.1, 0.15) is 12.4 Å². The van der Waals surface area contributed by atoms with Crippen molar-refractivity contribution >= 4 is 24.9 Å². The molecule has 0 heterocycles. The van der Waals surface area contributed by atoms with Crippen LogP contribution in [-0.2, 0) is 0 Å². The van der Waals surface area contributed by atoms with E-state index in [1.54, 1.807) is 13.8 Å². The van der Waals surface area contributed by atoms with E-state index in [-0.39, 0.29) is 0 Å². The van der Waals surface area contributed by atoms with Gasteiger partial charge in [0.2, 0.25) is 17.3 Å². The maximum atomic E-state index is 11.7. The summed E-state index contributed by atoms with van der Waals surface area (Å²) in [6, 6.07) is 0. The Morgan fingerprint density at radius 2 is 1.39 bits per heavy atom. The summed E-state index contributed by atoms with van der Waals surface area (Å²) in [5.74, 6) is 0. The molecular formula is C10H19N4O4+. The molecule has 0 atom stereocenters. The van der Waals surface area contributed by atoms with Gasteiger partial charge in [-0.3, -0.25) is 5.21 Å². The highest BCUT2D eigenvalue weighted by molar-refractivity contribution is 6.11. The third-order valence-corrected chi connectivity index (χ3v) is 2.25. The van der Waals surface area contributed by atoms with Crippen LogP contribution in [0, 0.1) is 5.21 Å². The van der Waals surface area contributed by atoms with Crippen molar-refractivity contribution < 1.29 is 25.1 Å². The van der Waals surface area contributed by atoms with Crippen LogP contribution >= 0.6 is 0 Å². The number of nitrogens with zero attached hydrogens (tertiary/aromatic N) is 4. The van der Waals surface area contributed by atoms with Gasteiger partial charge in [-0.2, -0.15) is 4.74 Å². The summed E-state index contributed by atoms with van der Waals surface area (Å²) < 4.78 is 1.21. The Bertz CT molecular complexity index is 359. The lowest BCUT2D eigenvalue weighted by Gasteiger charge is -2.17. The summed E-state index contributed by atoms with van der Waals surface area (Å²) in [4.78, 5) is 0. The van der Waals surface area contributed by atoms with Crippen LogP contribution < -0.4 is 0 Å². The summed E-state index contributed by atoms with van der Waals surface area (Å²) >= 11 is 0. The van der Waals surface area contributed by atoms with Gasteiger partial charge in [0.05, 0.1) is 0 Å². The summed E-state index contributed by atoms with van der Waals surface area (Å²) in [6.07, 6.45) is 4.34. The Kier molecular flexibility index (Phi) is 5.28. The van der Waals surface area contributed by atoms with Crippen molar-refractivity contribution in [2.45, 2.75) is 38.8 Å². The number of hydrogen-bond donors (Lipinski definition) is 3. The second kappa shape index (κ2) is 5.99. The van der Waals surface area contributed by atoms with Crippen LogP contribution in [0.1, 0.15) is 27.7 Å². The lowest BCUT2D eigenvalue weighted by Crippen LogP contribution is -2.39. The predicted octanol–water partition coefficient (Wildman–Crippen LogP) is 0.517. The third kappa shape index (κ3) is 4.40. The Hall–Kier alpha value is -2.12. The Balaban J connectivity index is 5.13. The topological polar surface area (TPSA) is 114 Å². The summed E-state index contributed by atoms with van der Waals surface area (Å²) in [5.41, 5.74) is -2.03. The van der Waals surface area contributed by atoms with Gasteiger partial charge in [-0.05, 0) is 4.74 Å². The fraction of sp³-hybridized carbons (Fsp3) is 0.600. The fourth-order valence-corrected chi connectivity index (χ4v) is 0.907. The van der Waals surface area contributed by atoms with Crippen LogP contribution in [0.2, 0.25) is 0 Å². The second-order valence-corrected chi connectivity index (χ2v) is 4.76. The van der Waals surface area contributed by atoms with Crippen molar-refractivity contribution in [3.63, 3.8) is 0 Å². The van der Waals surface area contributed by atoms with Gasteiger partial charge in [0.15, 0.2) is 0 Å². The fourth-order valence-electron chi connectivity index (χ4n) is 0.907. The van der Waals surface area contributed by atoms with Gasteiger partial charge in [-0.25, -0.2) is 0 Å². The van der Waals surface area contributed by atoms with Crippen LogP contribution in [0.4, 0.5) is 0 Å². The summed E-state index contributed by atoms with van der Waals surface area (Å²) in [5, 5.41) is 43.7. The lowest BCUT2D eigenvalue weighted by molar-refractivity contribution is -0.805. The zero-order valence-electron chi connectivity index (χ0n) is 10.8.